The number of imidazole rings is 1. The third-order valence-electron chi connectivity index (χ3n) is 3.91. The zero-order valence-corrected chi connectivity index (χ0v) is 14.0. The standard InChI is InChI=1S/C14H26N4O2S/c1-4-13-15-11-14(16-13)21(19,20)18-9-7-17(8-10-18)6-5-12(2)3/h11-12H,4-10H2,1-3H3,(H,15,16). The lowest BCUT2D eigenvalue weighted by Crippen LogP contribution is -2.48. The quantitative estimate of drug-likeness (QED) is 0.860. The third kappa shape index (κ3) is 4.05. The topological polar surface area (TPSA) is 69.3 Å². The predicted octanol–water partition coefficient (Wildman–Crippen LogP) is 1.32. The van der Waals surface area contributed by atoms with Gasteiger partial charge >= 0.3 is 0 Å². The molecule has 0 unspecified atom stereocenters. The van der Waals surface area contributed by atoms with Crippen LogP contribution in [0.15, 0.2) is 11.2 Å². The zero-order valence-electron chi connectivity index (χ0n) is 13.2. The van der Waals surface area contributed by atoms with E-state index >= 15 is 0 Å². The van der Waals surface area contributed by atoms with Crippen LogP contribution in [0.25, 0.3) is 0 Å². The van der Waals surface area contributed by atoms with Crippen LogP contribution in [0.5, 0.6) is 0 Å². The van der Waals surface area contributed by atoms with Gasteiger partial charge in [-0.25, -0.2) is 13.4 Å². The Morgan fingerprint density at radius 3 is 2.48 bits per heavy atom. The number of aromatic nitrogens is 2. The van der Waals surface area contributed by atoms with E-state index in [4.69, 9.17) is 0 Å². The van der Waals surface area contributed by atoms with Crippen molar-refractivity contribution in [3.63, 3.8) is 0 Å². The van der Waals surface area contributed by atoms with Crippen molar-refractivity contribution < 1.29 is 8.42 Å². The summed E-state index contributed by atoms with van der Waals surface area (Å²) in [4.78, 5) is 9.33. The smallest absolute Gasteiger partial charge is 0.260 e. The summed E-state index contributed by atoms with van der Waals surface area (Å²) >= 11 is 0. The van der Waals surface area contributed by atoms with Crippen molar-refractivity contribution in [1.82, 2.24) is 19.2 Å². The molecule has 0 spiro atoms. The Balaban J connectivity index is 1.94. The van der Waals surface area contributed by atoms with Gasteiger partial charge in [0.15, 0.2) is 5.03 Å². The van der Waals surface area contributed by atoms with Crippen molar-refractivity contribution >= 4 is 10.0 Å². The second-order valence-corrected chi connectivity index (χ2v) is 7.88. The first-order valence-electron chi connectivity index (χ1n) is 7.70. The molecule has 1 fully saturated rings. The molecule has 6 nitrogen and oxygen atoms in total. The summed E-state index contributed by atoms with van der Waals surface area (Å²) in [5.41, 5.74) is 0. The highest BCUT2D eigenvalue weighted by Gasteiger charge is 2.29. The van der Waals surface area contributed by atoms with Crippen molar-refractivity contribution in [1.29, 1.82) is 0 Å². The molecule has 120 valence electrons. The van der Waals surface area contributed by atoms with Gasteiger partial charge in [-0.15, -0.1) is 0 Å². The Labute approximate surface area is 127 Å². The molecule has 0 aliphatic carbocycles. The molecule has 0 saturated carbocycles. The summed E-state index contributed by atoms with van der Waals surface area (Å²) in [5, 5.41) is 0.218. The first kappa shape index (κ1) is 16.5. The first-order chi connectivity index (χ1) is 9.93. The van der Waals surface area contributed by atoms with E-state index in [-0.39, 0.29) is 5.03 Å². The molecule has 7 heteroatoms. The molecule has 2 heterocycles. The average molecular weight is 314 g/mol. The number of aromatic amines is 1. The fraction of sp³-hybridized carbons (Fsp3) is 0.786. The van der Waals surface area contributed by atoms with E-state index < -0.39 is 10.0 Å². The van der Waals surface area contributed by atoms with Crippen molar-refractivity contribution in [2.75, 3.05) is 32.7 Å². The van der Waals surface area contributed by atoms with Gasteiger partial charge in [-0.1, -0.05) is 20.8 Å². The molecule has 1 aliphatic heterocycles. The SMILES string of the molecule is CCc1ncc(S(=O)(=O)N2CCN(CCC(C)C)CC2)[nH]1. The highest BCUT2D eigenvalue weighted by Crippen LogP contribution is 2.16. The molecule has 0 radical (unpaired) electrons. The third-order valence-corrected chi connectivity index (χ3v) is 5.72. The zero-order chi connectivity index (χ0) is 15.5. The Bertz CT molecular complexity index is 545. The maximum atomic E-state index is 12.5. The number of piperazine rings is 1. The molecule has 1 aromatic heterocycles. The lowest BCUT2D eigenvalue weighted by Gasteiger charge is -2.33. The van der Waals surface area contributed by atoms with Crippen molar-refractivity contribution in [3.8, 4) is 0 Å². The Morgan fingerprint density at radius 1 is 1.29 bits per heavy atom. The van der Waals surface area contributed by atoms with Crippen LogP contribution in [0.2, 0.25) is 0 Å². The maximum absolute atomic E-state index is 12.5. The van der Waals surface area contributed by atoms with E-state index in [0.717, 1.165) is 26.1 Å². The number of sulfonamides is 1. The minimum atomic E-state index is -3.42. The molecule has 2 rings (SSSR count). The normalized spacial score (nSPS) is 18.5. The minimum absolute atomic E-state index is 0.218. The van der Waals surface area contributed by atoms with Crippen LogP contribution < -0.4 is 0 Å². The van der Waals surface area contributed by atoms with E-state index in [1.165, 1.54) is 6.20 Å². The average Bonchev–Trinajstić information content (AvgIpc) is 2.95. The molecule has 1 saturated heterocycles. The fourth-order valence-electron chi connectivity index (χ4n) is 2.43. The minimum Gasteiger partial charge on any atom is -0.332 e. The number of hydrogen-bond acceptors (Lipinski definition) is 4. The van der Waals surface area contributed by atoms with Gasteiger partial charge in [0, 0.05) is 32.6 Å². The van der Waals surface area contributed by atoms with Gasteiger partial charge in [0.05, 0.1) is 6.20 Å². The van der Waals surface area contributed by atoms with E-state index in [0.29, 0.717) is 31.3 Å². The van der Waals surface area contributed by atoms with Crippen molar-refractivity contribution in [2.24, 2.45) is 5.92 Å². The second-order valence-electron chi connectivity index (χ2n) is 5.98. The number of nitrogens with zero attached hydrogens (tertiary/aromatic N) is 3. The largest absolute Gasteiger partial charge is 0.332 e. The van der Waals surface area contributed by atoms with Gasteiger partial charge in [-0.05, 0) is 18.9 Å². The Hall–Kier alpha value is -0.920. The highest BCUT2D eigenvalue weighted by atomic mass is 32.2. The molecule has 0 atom stereocenters. The lowest BCUT2D eigenvalue weighted by atomic mass is 10.1. The Kier molecular flexibility index (Phi) is 5.40. The summed E-state index contributed by atoms with van der Waals surface area (Å²) in [6, 6.07) is 0. The Morgan fingerprint density at radius 2 is 1.95 bits per heavy atom. The number of hydrogen-bond donors (Lipinski definition) is 1. The molecule has 1 aromatic rings. The van der Waals surface area contributed by atoms with E-state index in [1.807, 2.05) is 6.92 Å². The number of rotatable bonds is 6. The van der Waals surface area contributed by atoms with E-state index in [1.54, 1.807) is 4.31 Å². The van der Waals surface area contributed by atoms with Gasteiger partial charge in [0.1, 0.15) is 5.82 Å². The van der Waals surface area contributed by atoms with Crippen LogP contribution in [-0.2, 0) is 16.4 Å². The van der Waals surface area contributed by atoms with Gasteiger partial charge in [0.25, 0.3) is 10.0 Å². The molecule has 0 amide bonds. The first-order valence-corrected chi connectivity index (χ1v) is 9.14. The maximum Gasteiger partial charge on any atom is 0.260 e. The van der Waals surface area contributed by atoms with E-state index in [2.05, 4.69) is 28.7 Å². The molecule has 1 N–H and O–H groups in total. The summed E-state index contributed by atoms with van der Waals surface area (Å²) in [7, 11) is -3.42. The number of nitrogens with one attached hydrogen (secondary N) is 1. The number of aryl methyl sites for hydroxylation is 1. The fourth-order valence-corrected chi connectivity index (χ4v) is 3.78. The summed E-state index contributed by atoms with van der Waals surface area (Å²) < 4.78 is 26.6. The molecular weight excluding hydrogens is 288 g/mol. The monoisotopic (exact) mass is 314 g/mol. The molecule has 1 aliphatic rings. The van der Waals surface area contributed by atoms with Crippen molar-refractivity contribution in [2.45, 2.75) is 38.6 Å². The van der Waals surface area contributed by atoms with Crippen LogP contribution >= 0.6 is 0 Å². The van der Waals surface area contributed by atoms with Crippen LogP contribution in [0.3, 0.4) is 0 Å². The molecule has 21 heavy (non-hydrogen) atoms. The van der Waals surface area contributed by atoms with Gasteiger partial charge in [0.2, 0.25) is 0 Å². The number of H-pyrrole nitrogens is 1. The predicted molar refractivity (Wildman–Crippen MR) is 82.6 cm³/mol. The molecule has 0 aromatic carbocycles. The molecular formula is C14H26N4O2S. The summed E-state index contributed by atoms with van der Waals surface area (Å²) in [5.74, 6) is 1.40. The van der Waals surface area contributed by atoms with Crippen LogP contribution in [0.1, 0.15) is 33.0 Å². The van der Waals surface area contributed by atoms with Gasteiger partial charge < -0.3 is 9.88 Å². The van der Waals surface area contributed by atoms with Crippen molar-refractivity contribution in [3.05, 3.63) is 12.0 Å². The second kappa shape index (κ2) is 6.89. The van der Waals surface area contributed by atoms with Crippen LogP contribution in [-0.4, -0.2) is 60.3 Å². The van der Waals surface area contributed by atoms with E-state index in [9.17, 15) is 8.42 Å². The van der Waals surface area contributed by atoms with Crippen LogP contribution in [0, 0.1) is 5.92 Å². The van der Waals surface area contributed by atoms with Gasteiger partial charge in [-0.2, -0.15) is 4.31 Å². The lowest BCUT2D eigenvalue weighted by molar-refractivity contribution is 0.180. The van der Waals surface area contributed by atoms with Gasteiger partial charge in [-0.3, -0.25) is 0 Å². The highest BCUT2D eigenvalue weighted by molar-refractivity contribution is 7.89. The summed E-state index contributed by atoms with van der Waals surface area (Å²) in [6.45, 7) is 10.1. The van der Waals surface area contributed by atoms with Crippen LogP contribution in [0.4, 0.5) is 0 Å². The summed E-state index contributed by atoms with van der Waals surface area (Å²) in [6.07, 6.45) is 3.30. The molecule has 0 bridgehead atoms.